The van der Waals surface area contributed by atoms with Crippen molar-refractivity contribution in [2.75, 3.05) is 19.0 Å². The highest BCUT2D eigenvalue weighted by Crippen LogP contribution is 2.42. The molecule has 0 bridgehead atoms. The third kappa shape index (κ3) is 4.60. The number of rotatable bonds is 8. The van der Waals surface area contributed by atoms with E-state index in [4.69, 9.17) is 9.47 Å². The molecule has 0 spiro atoms. The zero-order valence-electron chi connectivity index (χ0n) is 16.7. The van der Waals surface area contributed by atoms with Gasteiger partial charge in [0, 0.05) is 6.42 Å². The van der Waals surface area contributed by atoms with Crippen LogP contribution in [0.15, 0.2) is 88.7 Å². The molecule has 3 aromatic rings. The molecule has 8 heteroatoms. The number of sulfone groups is 2. The Morgan fingerprint density at radius 3 is 2.10 bits per heavy atom. The van der Waals surface area contributed by atoms with Gasteiger partial charge in [-0.25, -0.2) is 16.8 Å². The Kier molecular flexibility index (Phi) is 6.02. The molecule has 0 aliphatic carbocycles. The highest BCUT2D eigenvalue weighted by Gasteiger charge is 2.43. The van der Waals surface area contributed by atoms with Gasteiger partial charge in [-0.15, -0.1) is 0 Å². The molecule has 1 aliphatic heterocycles. The van der Waals surface area contributed by atoms with Crippen LogP contribution in [0.25, 0.3) is 0 Å². The van der Waals surface area contributed by atoms with Crippen LogP contribution in [-0.4, -0.2) is 35.8 Å². The van der Waals surface area contributed by atoms with Gasteiger partial charge in [0.05, 0.1) is 28.8 Å². The fourth-order valence-electron chi connectivity index (χ4n) is 3.51. The van der Waals surface area contributed by atoms with E-state index in [9.17, 15) is 16.8 Å². The van der Waals surface area contributed by atoms with E-state index in [2.05, 4.69) is 0 Å². The molecule has 0 saturated carbocycles. The van der Waals surface area contributed by atoms with E-state index < -0.39 is 30.7 Å². The second-order valence-corrected chi connectivity index (χ2v) is 11.3. The van der Waals surface area contributed by atoms with Gasteiger partial charge in [0.1, 0.15) is 16.7 Å². The van der Waals surface area contributed by atoms with E-state index in [1.165, 1.54) is 18.2 Å². The quantitative estimate of drug-likeness (QED) is 0.477. The molecule has 162 valence electrons. The Bertz CT molecular complexity index is 1250. The van der Waals surface area contributed by atoms with Crippen molar-refractivity contribution in [2.24, 2.45) is 0 Å². The van der Waals surface area contributed by atoms with Crippen LogP contribution in [0.2, 0.25) is 0 Å². The van der Waals surface area contributed by atoms with Crippen molar-refractivity contribution in [3.05, 3.63) is 84.4 Å². The summed E-state index contributed by atoms with van der Waals surface area (Å²) in [5.74, 6) is 0.699. The highest BCUT2D eigenvalue weighted by molar-refractivity contribution is 7.96. The first-order valence-corrected chi connectivity index (χ1v) is 13.0. The van der Waals surface area contributed by atoms with Crippen LogP contribution in [-0.2, 0) is 19.7 Å². The minimum Gasteiger partial charge on any atom is -0.493 e. The van der Waals surface area contributed by atoms with Crippen molar-refractivity contribution < 1.29 is 26.3 Å². The van der Waals surface area contributed by atoms with Gasteiger partial charge in [0.25, 0.3) is 0 Å². The smallest absolute Gasteiger partial charge is 0.186 e. The first-order chi connectivity index (χ1) is 14.9. The number of fused-ring (bicyclic) bond motifs is 1. The third-order valence-electron chi connectivity index (χ3n) is 5.05. The van der Waals surface area contributed by atoms with E-state index in [1.807, 2.05) is 30.3 Å². The lowest BCUT2D eigenvalue weighted by Crippen LogP contribution is -2.15. The average Bonchev–Trinajstić information content (AvgIpc) is 3.06. The van der Waals surface area contributed by atoms with Crippen LogP contribution in [0.1, 0.15) is 17.2 Å². The largest absolute Gasteiger partial charge is 0.493 e. The molecular weight excluding hydrogens is 436 g/mol. The van der Waals surface area contributed by atoms with Crippen molar-refractivity contribution >= 4 is 19.7 Å². The second-order valence-electron chi connectivity index (χ2n) is 7.19. The normalized spacial score (nSPS) is 17.1. The molecule has 0 saturated heterocycles. The average molecular weight is 459 g/mol. The zero-order chi connectivity index (χ0) is 21.9. The molecule has 31 heavy (non-hydrogen) atoms. The monoisotopic (exact) mass is 458 g/mol. The molecule has 3 aromatic carbocycles. The summed E-state index contributed by atoms with van der Waals surface area (Å²) in [6.45, 7) is 0.808. The van der Waals surface area contributed by atoms with Gasteiger partial charge in [0.15, 0.2) is 19.7 Å². The molecule has 0 amide bonds. The molecule has 1 unspecified atom stereocenters. The molecule has 0 fully saturated rings. The van der Waals surface area contributed by atoms with Crippen LogP contribution in [0, 0.1) is 0 Å². The van der Waals surface area contributed by atoms with E-state index in [-0.39, 0.29) is 9.79 Å². The van der Waals surface area contributed by atoms with Gasteiger partial charge >= 0.3 is 0 Å². The summed E-state index contributed by atoms with van der Waals surface area (Å²) in [6, 6.07) is 21.9. The molecular formula is C23H22O6S2. The molecule has 1 heterocycles. The fraction of sp³-hybridized carbons (Fsp3) is 0.217. The lowest BCUT2D eigenvalue weighted by atomic mass is 10.1. The summed E-state index contributed by atoms with van der Waals surface area (Å²) in [6.07, 6.45) is 0.615. The number of ether oxygens (including phenoxy) is 2. The van der Waals surface area contributed by atoms with E-state index in [0.29, 0.717) is 30.9 Å². The Hall–Kier alpha value is -2.84. The Labute approximate surface area is 182 Å². The van der Waals surface area contributed by atoms with Crippen LogP contribution >= 0.6 is 0 Å². The van der Waals surface area contributed by atoms with Crippen LogP contribution in [0.5, 0.6) is 11.5 Å². The van der Waals surface area contributed by atoms with Crippen LogP contribution in [0.3, 0.4) is 0 Å². The van der Waals surface area contributed by atoms with E-state index >= 15 is 0 Å². The fourth-order valence-corrected chi connectivity index (χ4v) is 7.86. The van der Waals surface area contributed by atoms with Gasteiger partial charge in [-0.2, -0.15) is 0 Å². The third-order valence-corrected chi connectivity index (χ3v) is 9.16. The number of benzene rings is 3. The van der Waals surface area contributed by atoms with Crippen molar-refractivity contribution in [1.29, 1.82) is 0 Å². The first kappa shape index (κ1) is 21.4. The summed E-state index contributed by atoms with van der Waals surface area (Å²) in [5.41, 5.74) is 0.295. The Morgan fingerprint density at radius 2 is 1.42 bits per heavy atom. The van der Waals surface area contributed by atoms with Crippen molar-refractivity contribution in [1.82, 2.24) is 0 Å². The van der Waals surface area contributed by atoms with Gasteiger partial charge in [-0.05, 0) is 42.0 Å². The predicted octanol–water partition coefficient (Wildman–Crippen LogP) is 3.84. The Morgan fingerprint density at radius 1 is 0.806 bits per heavy atom. The maximum atomic E-state index is 13.0. The number of para-hydroxylation sites is 1. The lowest BCUT2D eigenvalue weighted by molar-refractivity contribution is 0.247. The van der Waals surface area contributed by atoms with Crippen molar-refractivity contribution in [3.8, 4) is 11.5 Å². The molecule has 0 radical (unpaired) electrons. The minimum atomic E-state index is -3.82. The maximum Gasteiger partial charge on any atom is 0.186 e. The summed E-state index contributed by atoms with van der Waals surface area (Å²) >= 11 is 0. The van der Waals surface area contributed by atoms with Gasteiger partial charge in [-0.1, -0.05) is 42.5 Å². The molecule has 1 aliphatic rings. The van der Waals surface area contributed by atoms with E-state index in [1.54, 1.807) is 30.3 Å². The zero-order valence-corrected chi connectivity index (χ0v) is 18.3. The standard InChI is InChI=1S/C23H22O6S2/c24-30(25)17-23(31(26,27)20-10-5-2-6-11-20)21-13-12-19(16-22(21)30)29-15-7-14-28-18-8-3-1-4-9-18/h1-6,8-13,16,23H,7,14-15,17H2. The van der Waals surface area contributed by atoms with Crippen LogP contribution in [0.4, 0.5) is 0 Å². The molecule has 4 rings (SSSR count). The summed E-state index contributed by atoms with van der Waals surface area (Å²) in [5, 5.41) is -1.12. The molecule has 0 N–H and O–H groups in total. The second kappa shape index (κ2) is 8.72. The maximum absolute atomic E-state index is 13.0. The molecule has 0 aromatic heterocycles. The predicted molar refractivity (Wildman–Crippen MR) is 117 cm³/mol. The lowest BCUT2D eigenvalue weighted by Gasteiger charge is -2.13. The minimum absolute atomic E-state index is 0.0232. The number of hydrogen-bond acceptors (Lipinski definition) is 6. The SMILES string of the molecule is O=S1(=O)CC(S(=O)(=O)c2ccccc2)c2ccc(OCCCOc3ccccc3)cc21. The van der Waals surface area contributed by atoms with Gasteiger partial charge in [0.2, 0.25) is 0 Å². The molecule has 1 atom stereocenters. The Balaban J connectivity index is 1.45. The topological polar surface area (TPSA) is 86.7 Å². The van der Waals surface area contributed by atoms with E-state index in [0.717, 1.165) is 5.75 Å². The first-order valence-electron chi connectivity index (χ1n) is 9.84. The summed E-state index contributed by atoms with van der Waals surface area (Å²) in [4.78, 5) is 0.136. The highest BCUT2D eigenvalue weighted by atomic mass is 32.2. The van der Waals surface area contributed by atoms with Crippen molar-refractivity contribution in [3.63, 3.8) is 0 Å². The van der Waals surface area contributed by atoms with Crippen LogP contribution < -0.4 is 9.47 Å². The van der Waals surface area contributed by atoms with Gasteiger partial charge < -0.3 is 9.47 Å². The van der Waals surface area contributed by atoms with Gasteiger partial charge in [-0.3, -0.25) is 0 Å². The molecule has 6 nitrogen and oxygen atoms in total. The van der Waals surface area contributed by atoms with Crippen molar-refractivity contribution in [2.45, 2.75) is 21.5 Å². The summed E-state index contributed by atoms with van der Waals surface area (Å²) in [7, 11) is -7.55. The number of hydrogen-bond donors (Lipinski definition) is 0. The summed E-state index contributed by atoms with van der Waals surface area (Å²) < 4.78 is 62.7.